The lowest BCUT2D eigenvalue weighted by Crippen LogP contribution is -1.78. The minimum atomic E-state index is 0.450. The van der Waals surface area contributed by atoms with E-state index in [2.05, 4.69) is 6.07 Å². The van der Waals surface area contributed by atoms with Gasteiger partial charge in [0, 0.05) is 5.88 Å². The Bertz CT molecular complexity index is 336. The molecule has 1 aromatic rings. The van der Waals surface area contributed by atoms with Crippen LogP contribution >= 0.6 is 11.6 Å². The van der Waals surface area contributed by atoms with E-state index < -0.39 is 0 Å². The molecule has 0 amide bonds. The third-order valence-corrected chi connectivity index (χ3v) is 1.93. The van der Waals surface area contributed by atoms with Crippen LogP contribution in [0.25, 0.3) is 6.08 Å². The molecule has 0 saturated heterocycles. The van der Waals surface area contributed by atoms with Gasteiger partial charge in [-0.1, -0.05) is 36.4 Å². The van der Waals surface area contributed by atoms with Crippen LogP contribution in [0.3, 0.4) is 0 Å². The van der Waals surface area contributed by atoms with Crippen LogP contribution in [0.1, 0.15) is 17.5 Å². The largest absolute Gasteiger partial charge is 0.198 e. The fraction of sp³-hybridized carbons (Fsp3) is 0.182. The van der Waals surface area contributed by atoms with Crippen LogP contribution in [0.2, 0.25) is 0 Å². The van der Waals surface area contributed by atoms with Gasteiger partial charge in [0.1, 0.15) is 0 Å². The summed E-state index contributed by atoms with van der Waals surface area (Å²) in [6.45, 7) is 0. The van der Waals surface area contributed by atoms with Gasteiger partial charge in [-0.15, -0.1) is 11.6 Å². The molecule has 1 aromatic carbocycles. The topological polar surface area (TPSA) is 23.8 Å². The fourth-order valence-corrected chi connectivity index (χ4v) is 1.19. The molecule has 0 atom stereocenters. The minimum Gasteiger partial charge on any atom is -0.198 e. The minimum absolute atomic E-state index is 0.450. The molecule has 2 heteroatoms. The lowest BCUT2D eigenvalue weighted by atomic mass is 10.1. The number of halogens is 1. The molecule has 1 nitrogen and oxygen atoms in total. The molecule has 0 heterocycles. The molecule has 1 rings (SSSR count). The van der Waals surface area contributed by atoms with Crippen molar-refractivity contribution < 1.29 is 0 Å². The predicted octanol–water partition coefficient (Wildman–Crippen LogP) is 3.35. The summed E-state index contributed by atoms with van der Waals surface area (Å²) in [4.78, 5) is 0. The number of hydrogen-bond donors (Lipinski definition) is 0. The summed E-state index contributed by atoms with van der Waals surface area (Å²) in [6, 6.07) is 10.0. The Labute approximate surface area is 83.3 Å². The number of nitrogens with zero attached hydrogens (tertiary/aromatic N) is 1. The van der Waals surface area contributed by atoms with Crippen molar-refractivity contribution >= 4 is 17.7 Å². The maximum absolute atomic E-state index is 8.32. The van der Waals surface area contributed by atoms with Crippen LogP contribution in [0, 0.1) is 11.3 Å². The van der Waals surface area contributed by atoms with Crippen molar-refractivity contribution in [3.8, 4) is 6.07 Å². The Morgan fingerprint density at radius 3 is 3.00 bits per heavy atom. The second-order valence-corrected chi connectivity index (χ2v) is 2.91. The van der Waals surface area contributed by atoms with Crippen molar-refractivity contribution in [1.82, 2.24) is 0 Å². The summed E-state index contributed by atoms with van der Waals surface area (Å²) in [5, 5.41) is 8.32. The monoisotopic (exact) mass is 191 g/mol. The van der Waals surface area contributed by atoms with Crippen LogP contribution in [0.4, 0.5) is 0 Å². The number of benzene rings is 1. The van der Waals surface area contributed by atoms with Gasteiger partial charge in [-0.2, -0.15) is 5.26 Å². The number of hydrogen-bond acceptors (Lipinski definition) is 1. The van der Waals surface area contributed by atoms with Gasteiger partial charge < -0.3 is 0 Å². The van der Waals surface area contributed by atoms with Gasteiger partial charge in [-0.3, -0.25) is 0 Å². The molecular weight excluding hydrogens is 182 g/mol. The third kappa shape index (κ3) is 3.31. The van der Waals surface area contributed by atoms with Crippen molar-refractivity contribution in [3.63, 3.8) is 0 Å². The van der Waals surface area contributed by atoms with Gasteiger partial charge >= 0.3 is 0 Å². The second-order valence-electron chi connectivity index (χ2n) is 2.64. The molecule has 0 unspecified atom stereocenters. The SMILES string of the molecule is N#CC/C=C/c1cccc(CCl)c1. The Morgan fingerprint density at radius 1 is 1.46 bits per heavy atom. The maximum Gasteiger partial charge on any atom is 0.0663 e. The summed E-state index contributed by atoms with van der Waals surface area (Å²) in [7, 11) is 0. The standard InChI is InChI=1S/C11H10ClN/c12-9-11-6-3-5-10(8-11)4-1-2-7-13/h1,3-6,8H,2,9H2/b4-1+. The van der Waals surface area contributed by atoms with E-state index >= 15 is 0 Å². The molecule has 0 aliphatic carbocycles. The smallest absolute Gasteiger partial charge is 0.0663 e. The van der Waals surface area contributed by atoms with Gasteiger partial charge in [-0.05, 0) is 11.1 Å². The second kappa shape index (κ2) is 5.40. The van der Waals surface area contributed by atoms with Crippen LogP contribution in [0.5, 0.6) is 0 Å². The van der Waals surface area contributed by atoms with Gasteiger partial charge in [0.15, 0.2) is 0 Å². The van der Waals surface area contributed by atoms with Crippen LogP contribution in [0.15, 0.2) is 30.3 Å². The van der Waals surface area contributed by atoms with E-state index in [0.29, 0.717) is 12.3 Å². The summed E-state index contributed by atoms with van der Waals surface area (Å²) >= 11 is 5.68. The molecule has 0 fully saturated rings. The first-order valence-electron chi connectivity index (χ1n) is 4.05. The highest BCUT2D eigenvalue weighted by Crippen LogP contribution is 2.09. The lowest BCUT2D eigenvalue weighted by molar-refractivity contribution is 1.36. The van der Waals surface area contributed by atoms with Crippen molar-refractivity contribution in [1.29, 1.82) is 5.26 Å². The first-order valence-corrected chi connectivity index (χ1v) is 4.58. The molecule has 0 spiro atoms. The molecule has 0 saturated carbocycles. The van der Waals surface area contributed by atoms with Gasteiger partial charge in [0.2, 0.25) is 0 Å². The summed E-state index contributed by atoms with van der Waals surface area (Å²) in [5.74, 6) is 0.528. The van der Waals surface area contributed by atoms with E-state index in [-0.39, 0.29) is 0 Å². The molecule has 0 aliphatic rings. The average Bonchev–Trinajstić information content (AvgIpc) is 2.19. The van der Waals surface area contributed by atoms with E-state index in [1.54, 1.807) is 0 Å². The quantitative estimate of drug-likeness (QED) is 0.673. The van der Waals surface area contributed by atoms with Gasteiger partial charge in [-0.25, -0.2) is 0 Å². The van der Waals surface area contributed by atoms with Crippen LogP contribution < -0.4 is 0 Å². The molecule has 66 valence electrons. The van der Waals surface area contributed by atoms with E-state index in [0.717, 1.165) is 11.1 Å². The lowest BCUT2D eigenvalue weighted by Gasteiger charge is -1.96. The number of nitriles is 1. The van der Waals surface area contributed by atoms with Crippen molar-refractivity contribution in [3.05, 3.63) is 41.5 Å². The molecule has 0 radical (unpaired) electrons. The number of allylic oxidation sites excluding steroid dienone is 1. The normalized spacial score (nSPS) is 10.2. The van der Waals surface area contributed by atoms with Crippen molar-refractivity contribution in [2.75, 3.05) is 0 Å². The van der Waals surface area contributed by atoms with Crippen LogP contribution in [-0.4, -0.2) is 0 Å². The highest BCUT2D eigenvalue weighted by molar-refractivity contribution is 6.17. The zero-order chi connectivity index (χ0) is 9.52. The Morgan fingerprint density at radius 2 is 2.31 bits per heavy atom. The van der Waals surface area contributed by atoms with Crippen molar-refractivity contribution in [2.24, 2.45) is 0 Å². The number of rotatable bonds is 3. The van der Waals surface area contributed by atoms with E-state index in [1.165, 1.54) is 0 Å². The van der Waals surface area contributed by atoms with Gasteiger partial charge in [0.25, 0.3) is 0 Å². The third-order valence-electron chi connectivity index (χ3n) is 1.62. The molecule has 0 aromatic heterocycles. The molecule has 13 heavy (non-hydrogen) atoms. The van der Waals surface area contributed by atoms with E-state index in [4.69, 9.17) is 16.9 Å². The average molecular weight is 192 g/mol. The van der Waals surface area contributed by atoms with E-state index in [9.17, 15) is 0 Å². The van der Waals surface area contributed by atoms with E-state index in [1.807, 2.05) is 36.4 Å². The zero-order valence-electron chi connectivity index (χ0n) is 7.20. The van der Waals surface area contributed by atoms with Crippen molar-refractivity contribution in [2.45, 2.75) is 12.3 Å². The van der Waals surface area contributed by atoms with Gasteiger partial charge in [0.05, 0.1) is 12.5 Å². The summed E-state index contributed by atoms with van der Waals surface area (Å²) in [5.41, 5.74) is 2.19. The van der Waals surface area contributed by atoms with Crippen LogP contribution in [-0.2, 0) is 5.88 Å². The molecular formula is C11H10ClN. The number of alkyl halides is 1. The Hall–Kier alpha value is -1.26. The zero-order valence-corrected chi connectivity index (χ0v) is 7.96. The first-order chi connectivity index (χ1) is 6.36. The highest BCUT2D eigenvalue weighted by atomic mass is 35.5. The first kappa shape index (κ1) is 9.83. The Kier molecular flexibility index (Phi) is 4.08. The predicted molar refractivity (Wildman–Crippen MR) is 55.3 cm³/mol. The molecule has 0 bridgehead atoms. The highest BCUT2D eigenvalue weighted by Gasteiger charge is 1.90. The fourth-order valence-electron chi connectivity index (χ4n) is 1.03. The maximum atomic E-state index is 8.32. The Balaban J connectivity index is 2.73. The molecule has 0 aliphatic heterocycles. The summed E-state index contributed by atoms with van der Waals surface area (Å²) in [6.07, 6.45) is 4.22. The molecule has 0 N–H and O–H groups in total. The summed E-state index contributed by atoms with van der Waals surface area (Å²) < 4.78 is 0.